The van der Waals surface area contributed by atoms with Gasteiger partial charge in [-0.1, -0.05) is 6.07 Å². The lowest BCUT2D eigenvalue weighted by molar-refractivity contribution is 0.0840. The van der Waals surface area contributed by atoms with E-state index in [1.807, 2.05) is 0 Å². The quantitative estimate of drug-likeness (QED) is 0.791. The molecule has 1 saturated heterocycles. The molecular formula is C15H20F2N2O. The molecule has 1 fully saturated rings. The first kappa shape index (κ1) is 15.1. The molecule has 3 nitrogen and oxygen atoms in total. The maximum atomic E-state index is 13.5. The van der Waals surface area contributed by atoms with Gasteiger partial charge in [-0.3, -0.25) is 9.69 Å². The number of likely N-dealkylation sites (N-methyl/N-ethyl adjacent to an activating group) is 1. The SMILES string of the molecule is CC1CN(C)CCN1CCC(=O)c1cccc(F)c1F. The number of halogens is 2. The highest BCUT2D eigenvalue weighted by atomic mass is 19.2. The van der Waals surface area contributed by atoms with Crippen LogP contribution < -0.4 is 0 Å². The molecule has 110 valence electrons. The molecule has 0 aromatic heterocycles. The van der Waals surface area contributed by atoms with Crippen molar-refractivity contribution in [3.8, 4) is 0 Å². The van der Waals surface area contributed by atoms with Crippen molar-refractivity contribution in [1.29, 1.82) is 0 Å². The van der Waals surface area contributed by atoms with Crippen molar-refractivity contribution >= 4 is 5.78 Å². The number of rotatable bonds is 4. The minimum absolute atomic E-state index is 0.146. The van der Waals surface area contributed by atoms with Gasteiger partial charge in [0.2, 0.25) is 0 Å². The summed E-state index contributed by atoms with van der Waals surface area (Å²) in [6.07, 6.45) is 0.217. The van der Waals surface area contributed by atoms with E-state index in [0.29, 0.717) is 12.6 Å². The van der Waals surface area contributed by atoms with Crippen molar-refractivity contribution in [2.45, 2.75) is 19.4 Å². The summed E-state index contributed by atoms with van der Waals surface area (Å²) in [4.78, 5) is 16.5. The topological polar surface area (TPSA) is 23.6 Å². The van der Waals surface area contributed by atoms with Crippen LogP contribution in [-0.2, 0) is 0 Å². The number of hydrogen-bond donors (Lipinski definition) is 0. The van der Waals surface area contributed by atoms with E-state index in [1.54, 1.807) is 0 Å². The number of nitrogens with zero attached hydrogens (tertiary/aromatic N) is 2. The first-order valence-electron chi connectivity index (χ1n) is 6.89. The van der Waals surface area contributed by atoms with Gasteiger partial charge in [0, 0.05) is 38.6 Å². The van der Waals surface area contributed by atoms with Gasteiger partial charge in [-0.25, -0.2) is 8.78 Å². The van der Waals surface area contributed by atoms with Crippen LogP contribution >= 0.6 is 0 Å². The van der Waals surface area contributed by atoms with E-state index >= 15 is 0 Å². The zero-order valence-corrected chi connectivity index (χ0v) is 11.9. The number of hydrogen-bond acceptors (Lipinski definition) is 3. The van der Waals surface area contributed by atoms with E-state index in [9.17, 15) is 13.6 Å². The zero-order chi connectivity index (χ0) is 14.7. The summed E-state index contributed by atoms with van der Waals surface area (Å²) < 4.78 is 26.6. The van der Waals surface area contributed by atoms with Crippen molar-refractivity contribution in [2.24, 2.45) is 0 Å². The third-order valence-electron chi connectivity index (χ3n) is 3.85. The van der Waals surface area contributed by atoms with Gasteiger partial charge in [0.25, 0.3) is 0 Å². The lowest BCUT2D eigenvalue weighted by atomic mass is 10.1. The minimum Gasteiger partial charge on any atom is -0.304 e. The molecule has 0 aliphatic carbocycles. The standard InChI is InChI=1S/C15H20F2N2O/c1-11-10-18(2)8-9-19(11)7-6-14(20)12-4-3-5-13(16)15(12)17/h3-5,11H,6-10H2,1-2H3. The maximum Gasteiger partial charge on any atom is 0.169 e. The Bertz CT molecular complexity index is 493. The molecule has 1 aliphatic rings. The van der Waals surface area contributed by atoms with Crippen molar-refractivity contribution in [3.63, 3.8) is 0 Å². The second kappa shape index (κ2) is 6.41. The number of piperazine rings is 1. The second-order valence-electron chi connectivity index (χ2n) is 5.42. The second-order valence-corrected chi connectivity index (χ2v) is 5.42. The molecule has 0 bridgehead atoms. The number of carbonyl (C=O) groups is 1. The van der Waals surface area contributed by atoms with Gasteiger partial charge in [0.05, 0.1) is 5.56 Å². The average molecular weight is 282 g/mol. The summed E-state index contributed by atoms with van der Waals surface area (Å²) in [5.74, 6) is -2.35. The zero-order valence-electron chi connectivity index (χ0n) is 11.9. The Morgan fingerprint density at radius 2 is 2.10 bits per heavy atom. The number of benzene rings is 1. The molecular weight excluding hydrogens is 262 g/mol. The Morgan fingerprint density at radius 1 is 1.35 bits per heavy atom. The minimum atomic E-state index is -1.04. The molecule has 0 radical (unpaired) electrons. The highest BCUT2D eigenvalue weighted by Gasteiger charge is 2.22. The fraction of sp³-hybridized carbons (Fsp3) is 0.533. The van der Waals surface area contributed by atoms with Crippen molar-refractivity contribution < 1.29 is 13.6 Å². The van der Waals surface area contributed by atoms with E-state index in [-0.39, 0.29) is 17.8 Å². The van der Waals surface area contributed by atoms with Gasteiger partial charge in [-0.05, 0) is 26.1 Å². The number of ketones is 1. The molecule has 0 amide bonds. The molecule has 1 unspecified atom stereocenters. The van der Waals surface area contributed by atoms with Crippen LogP contribution in [0.2, 0.25) is 0 Å². The predicted octanol–water partition coefficient (Wildman–Crippen LogP) is 2.17. The van der Waals surface area contributed by atoms with Gasteiger partial charge in [0.15, 0.2) is 17.4 Å². The van der Waals surface area contributed by atoms with Crippen molar-refractivity contribution in [3.05, 3.63) is 35.4 Å². The summed E-state index contributed by atoms with van der Waals surface area (Å²) in [7, 11) is 2.07. The Hall–Kier alpha value is -1.33. The van der Waals surface area contributed by atoms with E-state index in [2.05, 4.69) is 23.8 Å². The first-order chi connectivity index (χ1) is 9.49. The molecule has 1 heterocycles. The molecule has 0 saturated carbocycles. The lowest BCUT2D eigenvalue weighted by Gasteiger charge is -2.38. The van der Waals surface area contributed by atoms with Crippen molar-refractivity contribution in [1.82, 2.24) is 9.80 Å². The van der Waals surface area contributed by atoms with Gasteiger partial charge in [0.1, 0.15) is 0 Å². The molecule has 0 spiro atoms. The summed E-state index contributed by atoms with van der Waals surface area (Å²) >= 11 is 0. The predicted molar refractivity (Wildman–Crippen MR) is 73.8 cm³/mol. The smallest absolute Gasteiger partial charge is 0.169 e. The summed E-state index contributed by atoms with van der Waals surface area (Å²) in [5, 5.41) is 0. The molecule has 2 rings (SSSR count). The van der Waals surface area contributed by atoms with E-state index in [1.165, 1.54) is 12.1 Å². The molecule has 1 atom stereocenters. The van der Waals surface area contributed by atoms with Crippen LogP contribution in [-0.4, -0.2) is 54.9 Å². The summed E-state index contributed by atoms with van der Waals surface area (Å²) in [6.45, 7) is 5.53. The highest BCUT2D eigenvalue weighted by molar-refractivity contribution is 5.96. The van der Waals surface area contributed by atoms with Crippen LogP contribution in [0.25, 0.3) is 0 Å². The first-order valence-corrected chi connectivity index (χ1v) is 6.89. The van der Waals surface area contributed by atoms with E-state index < -0.39 is 11.6 Å². The highest BCUT2D eigenvalue weighted by Crippen LogP contribution is 2.15. The lowest BCUT2D eigenvalue weighted by Crippen LogP contribution is -2.50. The Balaban J connectivity index is 1.94. The van der Waals surface area contributed by atoms with Gasteiger partial charge in [-0.2, -0.15) is 0 Å². The fourth-order valence-corrected chi connectivity index (χ4v) is 2.61. The van der Waals surface area contributed by atoms with Gasteiger partial charge >= 0.3 is 0 Å². The third-order valence-corrected chi connectivity index (χ3v) is 3.85. The molecule has 20 heavy (non-hydrogen) atoms. The summed E-state index contributed by atoms with van der Waals surface area (Å²) in [6, 6.07) is 4.10. The molecule has 5 heteroatoms. The van der Waals surface area contributed by atoms with Crippen LogP contribution in [0.5, 0.6) is 0 Å². The van der Waals surface area contributed by atoms with Crippen LogP contribution in [0.3, 0.4) is 0 Å². The van der Waals surface area contributed by atoms with Crippen LogP contribution in [0.1, 0.15) is 23.7 Å². The third kappa shape index (κ3) is 3.41. The fourth-order valence-electron chi connectivity index (χ4n) is 2.61. The van der Waals surface area contributed by atoms with Crippen LogP contribution in [0.4, 0.5) is 8.78 Å². The largest absolute Gasteiger partial charge is 0.304 e. The van der Waals surface area contributed by atoms with E-state index in [4.69, 9.17) is 0 Å². The van der Waals surface area contributed by atoms with Gasteiger partial charge < -0.3 is 4.90 Å². The molecule has 0 N–H and O–H groups in total. The van der Waals surface area contributed by atoms with Crippen LogP contribution in [0.15, 0.2) is 18.2 Å². The Kier molecular flexibility index (Phi) is 4.83. The average Bonchev–Trinajstić information content (AvgIpc) is 2.40. The maximum absolute atomic E-state index is 13.5. The molecule has 1 aliphatic heterocycles. The normalized spacial score (nSPS) is 21.1. The molecule has 1 aromatic carbocycles. The summed E-state index contributed by atoms with van der Waals surface area (Å²) in [5.41, 5.74) is -0.146. The Morgan fingerprint density at radius 3 is 2.80 bits per heavy atom. The monoisotopic (exact) mass is 282 g/mol. The van der Waals surface area contributed by atoms with Gasteiger partial charge in [-0.15, -0.1) is 0 Å². The van der Waals surface area contributed by atoms with Crippen LogP contribution in [0, 0.1) is 11.6 Å². The van der Waals surface area contributed by atoms with E-state index in [0.717, 1.165) is 25.7 Å². The molecule has 1 aromatic rings. The Labute approximate surface area is 118 Å². The number of Topliss-reactive ketones (excluding diaryl/α,β-unsaturated/α-hetero) is 1. The van der Waals surface area contributed by atoms with Crippen molar-refractivity contribution in [2.75, 3.05) is 33.2 Å². The number of carbonyl (C=O) groups excluding carboxylic acids is 1.